The number of pyridine rings is 1. The van der Waals surface area contributed by atoms with Crippen molar-refractivity contribution in [1.29, 1.82) is 0 Å². The number of terminal acetylenes is 1. The molecule has 0 radical (unpaired) electrons. The van der Waals surface area contributed by atoms with Crippen LogP contribution < -0.4 is 10.5 Å². The quantitative estimate of drug-likeness (QED) is 0.200. The molecular formula is C30H43F3N4O6. The van der Waals surface area contributed by atoms with Gasteiger partial charge in [0.2, 0.25) is 12.3 Å². The molecular weight excluding hydrogens is 569 g/mol. The smallest absolute Gasteiger partial charge is 0.433 e. The zero-order valence-corrected chi connectivity index (χ0v) is 26.0. The van der Waals surface area contributed by atoms with Crippen LogP contribution in [0.5, 0.6) is 5.75 Å². The van der Waals surface area contributed by atoms with E-state index in [1.165, 1.54) is 18.1 Å². The summed E-state index contributed by atoms with van der Waals surface area (Å²) in [5.41, 5.74) is 5.29. The van der Waals surface area contributed by atoms with Gasteiger partial charge in [0, 0.05) is 25.1 Å². The summed E-state index contributed by atoms with van der Waals surface area (Å²) in [4.78, 5) is 31.1. The third kappa shape index (κ3) is 12.7. The van der Waals surface area contributed by atoms with E-state index in [9.17, 15) is 22.8 Å². The monoisotopic (exact) mass is 612 g/mol. The predicted octanol–water partition coefficient (Wildman–Crippen LogP) is 5.16. The Balaban J connectivity index is 0. The number of nitrogens with zero attached hydrogens (tertiary/aromatic N) is 3. The number of rotatable bonds is 8. The summed E-state index contributed by atoms with van der Waals surface area (Å²) in [6.45, 7) is 10.3. The number of alkyl halides is 3. The number of aliphatic hydroxyl groups excluding tert-OH is 1. The highest BCUT2D eigenvalue weighted by Crippen LogP contribution is 2.36. The second kappa shape index (κ2) is 21.5. The lowest BCUT2D eigenvalue weighted by molar-refractivity contribution is -0.151. The Morgan fingerprint density at radius 2 is 1.72 bits per heavy atom. The van der Waals surface area contributed by atoms with Crippen LogP contribution >= 0.6 is 0 Å². The fourth-order valence-corrected chi connectivity index (χ4v) is 3.36. The molecule has 13 heteroatoms. The highest BCUT2D eigenvalue weighted by atomic mass is 19.4. The van der Waals surface area contributed by atoms with Gasteiger partial charge in [-0.25, -0.2) is 14.8 Å². The van der Waals surface area contributed by atoms with Crippen LogP contribution in [0.1, 0.15) is 50.8 Å². The second-order valence-electron chi connectivity index (χ2n) is 8.30. The van der Waals surface area contributed by atoms with Gasteiger partial charge in [-0.15, -0.1) is 12.8 Å². The standard InChI is InChI=1S/C16H13F3N2O2.C9H17NO3.C2H7N.C2H2.CH4O/c1-8-9(2)23-15(20-8)11-4-6-12(22-3)14-10(11)5-7-13(21-14)16(17,18)19;1-4-6-8(10(3)7-11)9(12)13-5-2;1-2-3;2*1-2/h4-7H,1-3H3;7-8H,4-6H2,1-3H3;2-3H2,1H3;1-2H;2H,1H3/t;8-;;;/m.0.../s1. The Kier molecular flexibility index (Phi) is 20.5. The summed E-state index contributed by atoms with van der Waals surface area (Å²) >= 11 is 0. The van der Waals surface area contributed by atoms with E-state index in [2.05, 4.69) is 22.8 Å². The number of aryl methyl sites for hydroxylation is 2. The van der Waals surface area contributed by atoms with Crippen molar-refractivity contribution in [3.63, 3.8) is 0 Å². The van der Waals surface area contributed by atoms with Crippen molar-refractivity contribution in [2.75, 3.05) is 34.4 Å². The van der Waals surface area contributed by atoms with Crippen molar-refractivity contribution >= 4 is 23.3 Å². The minimum absolute atomic E-state index is 0.119. The zero-order chi connectivity index (χ0) is 33.8. The maximum Gasteiger partial charge on any atom is 0.433 e. The number of aromatic nitrogens is 2. The summed E-state index contributed by atoms with van der Waals surface area (Å²) in [5.74, 6) is 0.937. The number of ether oxygens (including phenoxy) is 2. The highest BCUT2D eigenvalue weighted by molar-refractivity contribution is 5.96. The summed E-state index contributed by atoms with van der Waals surface area (Å²) in [6.07, 6.45) is 5.62. The first-order chi connectivity index (χ1) is 20.4. The molecule has 1 aromatic carbocycles. The predicted molar refractivity (Wildman–Crippen MR) is 160 cm³/mol. The molecule has 3 N–H and O–H groups in total. The molecule has 0 aliphatic rings. The normalized spacial score (nSPS) is 10.6. The Hall–Kier alpha value is -4.15. The molecule has 0 bridgehead atoms. The first kappa shape index (κ1) is 41.0. The van der Waals surface area contributed by atoms with Crippen molar-refractivity contribution in [3.8, 4) is 30.1 Å². The van der Waals surface area contributed by atoms with Gasteiger partial charge >= 0.3 is 12.1 Å². The van der Waals surface area contributed by atoms with Gasteiger partial charge in [0.05, 0.1) is 19.4 Å². The fraction of sp³-hybridized carbons (Fsp3) is 0.467. The van der Waals surface area contributed by atoms with Crippen LogP contribution in [0.3, 0.4) is 0 Å². The second-order valence-corrected chi connectivity index (χ2v) is 8.30. The first-order valence-corrected chi connectivity index (χ1v) is 13.2. The molecule has 0 aliphatic heterocycles. The Morgan fingerprint density at radius 3 is 2.14 bits per heavy atom. The number of nitrogens with two attached hydrogens (primary N) is 1. The van der Waals surface area contributed by atoms with Gasteiger partial charge in [-0.1, -0.05) is 20.3 Å². The largest absolute Gasteiger partial charge is 0.494 e. The number of methoxy groups -OCH3 is 1. The van der Waals surface area contributed by atoms with E-state index >= 15 is 0 Å². The molecule has 3 rings (SSSR count). The maximum absolute atomic E-state index is 12.9. The number of carbonyl (C=O) groups excluding carboxylic acids is 2. The molecule has 0 saturated carbocycles. The minimum Gasteiger partial charge on any atom is -0.494 e. The lowest BCUT2D eigenvalue weighted by atomic mass is 10.1. The molecule has 240 valence electrons. The van der Waals surface area contributed by atoms with Crippen LogP contribution in [0.15, 0.2) is 28.7 Å². The number of amides is 1. The van der Waals surface area contributed by atoms with Gasteiger partial charge in [0.25, 0.3) is 0 Å². The third-order valence-corrected chi connectivity index (χ3v) is 5.37. The van der Waals surface area contributed by atoms with Gasteiger partial charge < -0.3 is 29.6 Å². The van der Waals surface area contributed by atoms with E-state index in [0.717, 1.165) is 31.8 Å². The molecule has 0 fully saturated rings. The number of halogens is 3. The van der Waals surface area contributed by atoms with Crippen molar-refractivity contribution in [2.24, 2.45) is 5.73 Å². The molecule has 0 aliphatic carbocycles. The van der Waals surface area contributed by atoms with E-state index in [0.29, 0.717) is 42.0 Å². The highest BCUT2D eigenvalue weighted by Gasteiger charge is 2.33. The molecule has 1 atom stereocenters. The first-order valence-electron chi connectivity index (χ1n) is 13.2. The number of aliphatic hydroxyl groups is 1. The molecule has 10 nitrogen and oxygen atoms in total. The molecule has 0 unspecified atom stereocenters. The third-order valence-electron chi connectivity index (χ3n) is 5.37. The number of likely N-dealkylation sites (N-methyl/N-ethyl adjacent to an activating group) is 1. The zero-order valence-electron chi connectivity index (χ0n) is 26.0. The van der Waals surface area contributed by atoms with Crippen molar-refractivity contribution in [3.05, 3.63) is 41.4 Å². The van der Waals surface area contributed by atoms with Crippen LogP contribution in [0.25, 0.3) is 22.4 Å². The van der Waals surface area contributed by atoms with E-state index in [-0.39, 0.29) is 17.2 Å². The SMILES string of the molecule is C#C.CCC[C@@H](C(=O)OCC)N(C)C=O.CCN.CO.COc1ccc(-c2nc(C)c(C)o2)c2ccc(C(F)(F)F)nc12. The number of benzene rings is 1. The molecule has 2 aromatic heterocycles. The maximum atomic E-state index is 12.9. The number of carbonyl (C=O) groups is 2. The van der Waals surface area contributed by atoms with Gasteiger partial charge in [-0.3, -0.25) is 4.79 Å². The number of fused-ring (bicyclic) bond motifs is 1. The van der Waals surface area contributed by atoms with E-state index in [1.807, 2.05) is 13.8 Å². The minimum atomic E-state index is -4.52. The van der Waals surface area contributed by atoms with E-state index in [4.69, 9.17) is 24.7 Å². The van der Waals surface area contributed by atoms with Crippen LogP contribution in [0.4, 0.5) is 13.2 Å². The van der Waals surface area contributed by atoms with Crippen LogP contribution in [0, 0.1) is 26.7 Å². The number of oxazole rings is 1. The van der Waals surface area contributed by atoms with Crippen LogP contribution in [-0.4, -0.2) is 72.8 Å². The summed E-state index contributed by atoms with van der Waals surface area (Å²) < 4.78 is 54.2. The lowest BCUT2D eigenvalue weighted by Crippen LogP contribution is -2.38. The Morgan fingerprint density at radius 1 is 1.14 bits per heavy atom. The summed E-state index contributed by atoms with van der Waals surface area (Å²) in [5, 5.41) is 7.48. The van der Waals surface area contributed by atoms with Crippen molar-refractivity contribution in [1.82, 2.24) is 14.9 Å². The van der Waals surface area contributed by atoms with Gasteiger partial charge in [-0.05, 0) is 58.0 Å². The van der Waals surface area contributed by atoms with E-state index < -0.39 is 17.9 Å². The molecule has 0 saturated heterocycles. The molecule has 2 heterocycles. The van der Waals surface area contributed by atoms with Crippen LogP contribution in [-0.2, 0) is 20.5 Å². The van der Waals surface area contributed by atoms with Crippen LogP contribution in [0.2, 0.25) is 0 Å². The topological polar surface area (TPSA) is 141 Å². The fourth-order valence-electron chi connectivity index (χ4n) is 3.36. The molecule has 43 heavy (non-hydrogen) atoms. The number of hydrogen-bond acceptors (Lipinski definition) is 9. The van der Waals surface area contributed by atoms with Gasteiger partial charge in [-0.2, -0.15) is 13.2 Å². The summed E-state index contributed by atoms with van der Waals surface area (Å²) in [6, 6.07) is 5.12. The average molecular weight is 613 g/mol. The van der Waals surface area contributed by atoms with Gasteiger partial charge in [0.1, 0.15) is 28.8 Å². The van der Waals surface area contributed by atoms with Gasteiger partial charge in [0.15, 0.2) is 0 Å². The summed E-state index contributed by atoms with van der Waals surface area (Å²) in [7, 11) is 3.97. The molecule has 1 amide bonds. The average Bonchev–Trinajstić information content (AvgIpc) is 3.34. The van der Waals surface area contributed by atoms with Crippen molar-refractivity contribution in [2.45, 2.75) is 59.7 Å². The Labute approximate surface area is 251 Å². The Bertz CT molecular complexity index is 1240. The lowest BCUT2D eigenvalue weighted by Gasteiger charge is -2.21. The number of hydrogen-bond donors (Lipinski definition) is 2. The molecule has 3 aromatic rings. The van der Waals surface area contributed by atoms with E-state index in [1.54, 1.807) is 40.0 Å². The molecule has 0 spiro atoms. The number of esters is 1. The van der Waals surface area contributed by atoms with Crippen molar-refractivity contribution < 1.29 is 41.8 Å².